The SMILES string of the molecule is CC(C)(C)c1ccc(/C=C/c2cc[c]([Sb]([c]3ccc(/C=C/c4ccc(C(C)(C)C)cc4)cc3)[c]3ccc(/C=C/c4ccc(C(C)(C)C)cc4)cc3)cc2)cc1. The van der Waals surface area contributed by atoms with Crippen LogP contribution in [0.5, 0.6) is 0 Å². The minimum absolute atomic E-state index is 0.158. The molecular formula is C54H57Sb. The Hall–Kier alpha value is -4.64. The predicted octanol–water partition coefficient (Wildman–Crippen LogP) is 12.6. The third kappa shape index (κ3) is 11.0. The van der Waals surface area contributed by atoms with Crippen LogP contribution < -0.4 is 10.5 Å². The van der Waals surface area contributed by atoms with Crippen LogP contribution in [0.1, 0.15) is 112 Å². The Morgan fingerprint density at radius 1 is 0.255 bits per heavy atom. The molecule has 0 fully saturated rings. The first kappa shape index (κ1) is 40.0. The third-order valence-electron chi connectivity index (χ3n) is 10.2. The Bertz CT molecular complexity index is 1960. The molecule has 6 aromatic rings. The maximum absolute atomic E-state index is 2.37. The van der Waals surface area contributed by atoms with E-state index in [1.807, 2.05) is 0 Å². The molecule has 278 valence electrons. The van der Waals surface area contributed by atoms with Crippen molar-refractivity contribution in [3.8, 4) is 0 Å². The van der Waals surface area contributed by atoms with Gasteiger partial charge in [-0.3, -0.25) is 0 Å². The molecular weight excluding hydrogens is 770 g/mol. The Balaban J connectivity index is 1.24. The molecule has 0 radical (unpaired) electrons. The molecule has 0 saturated carbocycles. The summed E-state index contributed by atoms with van der Waals surface area (Å²) in [7, 11) is 0. The van der Waals surface area contributed by atoms with Gasteiger partial charge in [-0.1, -0.05) is 0 Å². The summed E-state index contributed by atoms with van der Waals surface area (Å²) in [6.07, 6.45) is 13.3. The first-order valence-corrected chi connectivity index (χ1v) is 23.4. The molecule has 0 amide bonds. The van der Waals surface area contributed by atoms with Crippen LogP contribution in [0.3, 0.4) is 0 Å². The van der Waals surface area contributed by atoms with Crippen LogP contribution in [-0.2, 0) is 16.2 Å². The van der Waals surface area contributed by atoms with Crippen LogP contribution in [0.2, 0.25) is 0 Å². The van der Waals surface area contributed by atoms with Crippen LogP contribution in [0.4, 0.5) is 0 Å². The number of hydrogen-bond donors (Lipinski definition) is 0. The van der Waals surface area contributed by atoms with Gasteiger partial charge in [-0.05, 0) is 0 Å². The fourth-order valence-electron chi connectivity index (χ4n) is 6.51. The second-order valence-electron chi connectivity index (χ2n) is 17.7. The van der Waals surface area contributed by atoms with E-state index < -0.39 is 20.2 Å². The molecule has 0 spiro atoms. The van der Waals surface area contributed by atoms with Crippen molar-refractivity contribution in [2.75, 3.05) is 0 Å². The van der Waals surface area contributed by atoms with E-state index in [9.17, 15) is 0 Å². The maximum atomic E-state index is 2.37. The fraction of sp³-hybridized carbons (Fsp3) is 0.222. The summed E-state index contributed by atoms with van der Waals surface area (Å²) >= 11 is -2.34. The number of rotatable bonds is 9. The fourth-order valence-corrected chi connectivity index (χ4v) is 12.9. The summed E-state index contributed by atoms with van der Waals surface area (Å²) in [6.45, 7) is 20.3. The van der Waals surface area contributed by atoms with Crippen molar-refractivity contribution < 1.29 is 0 Å². The van der Waals surface area contributed by atoms with E-state index in [4.69, 9.17) is 0 Å². The van der Waals surface area contributed by atoms with Crippen LogP contribution in [0.15, 0.2) is 146 Å². The molecule has 0 N–H and O–H groups in total. The number of hydrogen-bond acceptors (Lipinski definition) is 0. The van der Waals surface area contributed by atoms with Gasteiger partial charge < -0.3 is 0 Å². The van der Waals surface area contributed by atoms with Crippen molar-refractivity contribution in [2.24, 2.45) is 0 Å². The summed E-state index contributed by atoms with van der Waals surface area (Å²) in [5, 5.41) is 0. The van der Waals surface area contributed by atoms with E-state index >= 15 is 0 Å². The topological polar surface area (TPSA) is 0 Å². The summed E-state index contributed by atoms with van der Waals surface area (Å²) in [5.74, 6) is 0. The van der Waals surface area contributed by atoms with Crippen LogP contribution >= 0.6 is 0 Å². The summed E-state index contributed by atoms with van der Waals surface area (Å²) in [6, 6.07) is 54.8. The van der Waals surface area contributed by atoms with Gasteiger partial charge >= 0.3 is 341 Å². The van der Waals surface area contributed by atoms with Gasteiger partial charge in [-0.2, -0.15) is 0 Å². The standard InChI is InChI=1S/3C18H19.Sb/c3*1-18(2,3)17-13-11-16(12-14-17)10-9-15-7-5-4-6-8-15;/h3*5-14H,1-3H3;/b3*10-9+;. The third-order valence-corrected chi connectivity index (χ3v) is 17.2. The van der Waals surface area contributed by atoms with Crippen molar-refractivity contribution >= 4 is 67.2 Å². The summed E-state index contributed by atoms with van der Waals surface area (Å²) in [4.78, 5) is 0. The van der Waals surface area contributed by atoms with Crippen molar-refractivity contribution in [1.82, 2.24) is 0 Å². The second kappa shape index (κ2) is 17.0. The van der Waals surface area contributed by atoms with Crippen molar-refractivity contribution in [3.05, 3.63) is 196 Å². The molecule has 0 heterocycles. The van der Waals surface area contributed by atoms with Crippen molar-refractivity contribution in [3.63, 3.8) is 0 Å². The van der Waals surface area contributed by atoms with E-state index in [1.165, 1.54) is 60.6 Å². The van der Waals surface area contributed by atoms with Crippen molar-refractivity contribution in [2.45, 2.75) is 78.6 Å². The Morgan fingerprint density at radius 2 is 0.418 bits per heavy atom. The minimum atomic E-state index is -2.34. The molecule has 0 saturated heterocycles. The van der Waals surface area contributed by atoms with Gasteiger partial charge in [0.2, 0.25) is 0 Å². The predicted molar refractivity (Wildman–Crippen MR) is 246 cm³/mol. The summed E-state index contributed by atoms with van der Waals surface area (Å²) < 4.78 is 4.37. The normalized spacial score (nSPS) is 12.8. The van der Waals surface area contributed by atoms with Crippen molar-refractivity contribution in [1.29, 1.82) is 0 Å². The molecule has 55 heavy (non-hydrogen) atoms. The Morgan fingerprint density at radius 3 is 0.582 bits per heavy atom. The van der Waals surface area contributed by atoms with Crippen LogP contribution in [0.25, 0.3) is 36.5 Å². The van der Waals surface area contributed by atoms with E-state index in [0.717, 1.165) is 0 Å². The second-order valence-corrected chi connectivity index (χ2v) is 24.1. The average molecular weight is 828 g/mol. The quantitative estimate of drug-likeness (QED) is 0.101. The van der Waals surface area contributed by atoms with Gasteiger partial charge in [0.05, 0.1) is 0 Å². The molecule has 6 rings (SSSR count). The van der Waals surface area contributed by atoms with Gasteiger partial charge in [0.1, 0.15) is 0 Å². The van der Waals surface area contributed by atoms with Crippen LogP contribution in [-0.4, -0.2) is 20.2 Å². The van der Waals surface area contributed by atoms with E-state index in [1.54, 1.807) is 0 Å². The van der Waals surface area contributed by atoms with E-state index in [-0.39, 0.29) is 16.2 Å². The first-order valence-electron chi connectivity index (χ1n) is 19.6. The van der Waals surface area contributed by atoms with Crippen LogP contribution in [0, 0.1) is 0 Å². The van der Waals surface area contributed by atoms with Gasteiger partial charge in [0.15, 0.2) is 0 Å². The molecule has 0 aliphatic rings. The zero-order chi connectivity index (χ0) is 39.2. The van der Waals surface area contributed by atoms with Gasteiger partial charge in [-0.15, -0.1) is 0 Å². The summed E-state index contributed by atoms with van der Waals surface area (Å²) in [5.41, 5.74) is 11.9. The Kier molecular flexibility index (Phi) is 12.4. The molecule has 0 aromatic heterocycles. The molecule has 0 bridgehead atoms. The molecule has 0 aliphatic heterocycles. The molecule has 0 aliphatic carbocycles. The number of benzene rings is 6. The first-order chi connectivity index (χ1) is 26.1. The zero-order valence-electron chi connectivity index (χ0n) is 34.3. The van der Waals surface area contributed by atoms with E-state index in [0.29, 0.717) is 0 Å². The average Bonchev–Trinajstić information content (AvgIpc) is 3.16. The molecule has 0 nitrogen and oxygen atoms in total. The van der Waals surface area contributed by atoms with Gasteiger partial charge in [-0.25, -0.2) is 0 Å². The zero-order valence-corrected chi connectivity index (χ0v) is 36.8. The van der Waals surface area contributed by atoms with E-state index in [2.05, 4.69) is 244 Å². The Labute approximate surface area is 339 Å². The molecule has 0 atom stereocenters. The van der Waals surface area contributed by atoms with Gasteiger partial charge in [0, 0.05) is 0 Å². The molecule has 6 aromatic carbocycles. The monoisotopic (exact) mass is 826 g/mol. The van der Waals surface area contributed by atoms with Gasteiger partial charge in [0.25, 0.3) is 0 Å². The molecule has 1 heteroatoms. The molecule has 0 unspecified atom stereocenters.